The molecule has 0 aliphatic rings. The van der Waals surface area contributed by atoms with Gasteiger partial charge in [0, 0.05) is 31.5 Å². The fourth-order valence-electron chi connectivity index (χ4n) is 1.83. The normalized spacial score (nSPS) is 10.4. The van der Waals surface area contributed by atoms with Crippen molar-refractivity contribution in [3.8, 4) is 5.82 Å². The minimum absolute atomic E-state index is 0.191. The molecule has 1 amide bonds. The highest BCUT2D eigenvalue weighted by Crippen LogP contribution is 2.06. The van der Waals surface area contributed by atoms with Gasteiger partial charge in [0.05, 0.1) is 6.20 Å². The van der Waals surface area contributed by atoms with E-state index in [1.54, 1.807) is 0 Å². The number of hydrogen-bond acceptors (Lipinski definition) is 6. The molecule has 0 spiro atoms. The number of carbonyl (C=O) groups excluding carboxylic acids is 1. The van der Waals surface area contributed by atoms with E-state index in [2.05, 4.69) is 26.0 Å². The Morgan fingerprint density at radius 3 is 2.68 bits per heavy atom. The summed E-state index contributed by atoms with van der Waals surface area (Å²) >= 11 is 0. The number of carbonyl (C=O) groups is 1. The van der Waals surface area contributed by atoms with Gasteiger partial charge in [0.2, 0.25) is 5.76 Å². The van der Waals surface area contributed by atoms with Crippen LogP contribution in [0.1, 0.15) is 10.6 Å². The van der Waals surface area contributed by atoms with Crippen molar-refractivity contribution in [1.29, 1.82) is 0 Å². The van der Waals surface area contributed by atoms with E-state index in [-0.39, 0.29) is 11.7 Å². The summed E-state index contributed by atoms with van der Waals surface area (Å²) in [6.45, 7) is 0.956. The van der Waals surface area contributed by atoms with Crippen LogP contribution in [0, 0.1) is 0 Å². The number of amides is 1. The highest BCUT2D eigenvalue weighted by molar-refractivity contribution is 5.91. The molecule has 3 aromatic heterocycles. The SMILES string of the molecule is O=C(NCCNc1ccc(-n2cccc2)nn1)c1ccno1. The van der Waals surface area contributed by atoms with Crippen LogP contribution in [0.2, 0.25) is 0 Å². The molecule has 3 heterocycles. The largest absolute Gasteiger partial charge is 0.367 e. The molecule has 0 aliphatic carbocycles. The molecule has 0 aliphatic heterocycles. The van der Waals surface area contributed by atoms with Crippen LogP contribution in [0.4, 0.5) is 5.82 Å². The van der Waals surface area contributed by atoms with Crippen LogP contribution >= 0.6 is 0 Å². The van der Waals surface area contributed by atoms with Crippen LogP contribution < -0.4 is 10.6 Å². The zero-order valence-corrected chi connectivity index (χ0v) is 11.6. The highest BCUT2D eigenvalue weighted by Gasteiger charge is 2.08. The molecule has 0 unspecified atom stereocenters. The fraction of sp³-hybridized carbons (Fsp3) is 0.143. The Bertz CT molecular complexity index is 706. The lowest BCUT2D eigenvalue weighted by molar-refractivity contribution is 0.0918. The molecule has 0 aromatic carbocycles. The standard InChI is InChI=1S/C14H14N6O2/c21-14(11-5-6-17-22-11)16-8-7-15-12-3-4-13(19-18-12)20-9-1-2-10-20/h1-6,9-10H,7-8H2,(H,15,18)(H,16,21). The van der Waals surface area contributed by atoms with Crippen molar-refractivity contribution in [3.63, 3.8) is 0 Å². The molecule has 3 aromatic rings. The number of aromatic nitrogens is 4. The summed E-state index contributed by atoms with van der Waals surface area (Å²) in [6.07, 6.45) is 5.22. The molecule has 0 bridgehead atoms. The third-order valence-corrected chi connectivity index (χ3v) is 2.90. The van der Waals surface area contributed by atoms with E-state index < -0.39 is 0 Å². The van der Waals surface area contributed by atoms with Crippen molar-refractivity contribution < 1.29 is 9.32 Å². The first-order valence-electron chi connectivity index (χ1n) is 6.73. The average molecular weight is 298 g/mol. The summed E-state index contributed by atoms with van der Waals surface area (Å²) in [7, 11) is 0. The Balaban J connectivity index is 1.45. The second kappa shape index (κ2) is 6.53. The van der Waals surface area contributed by atoms with Crippen molar-refractivity contribution in [2.24, 2.45) is 0 Å². The lowest BCUT2D eigenvalue weighted by atomic mass is 10.4. The molecule has 8 heteroatoms. The first-order valence-corrected chi connectivity index (χ1v) is 6.73. The maximum absolute atomic E-state index is 11.6. The zero-order chi connectivity index (χ0) is 15.2. The molecule has 3 rings (SSSR count). The van der Waals surface area contributed by atoms with Gasteiger partial charge in [0.1, 0.15) is 5.82 Å². The first-order chi connectivity index (χ1) is 10.8. The summed E-state index contributed by atoms with van der Waals surface area (Å²) < 4.78 is 6.62. The molecule has 0 radical (unpaired) electrons. The maximum Gasteiger partial charge on any atom is 0.289 e. The molecule has 0 saturated heterocycles. The fourth-order valence-corrected chi connectivity index (χ4v) is 1.83. The first kappa shape index (κ1) is 13.8. The summed E-state index contributed by atoms with van der Waals surface area (Å²) in [5.74, 6) is 1.28. The lowest BCUT2D eigenvalue weighted by Crippen LogP contribution is -2.28. The minimum atomic E-state index is -0.298. The topological polar surface area (TPSA) is 97.9 Å². The van der Waals surface area contributed by atoms with Crippen LogP contribution in [-0.4, -0.2) is 38.9 Å². The van der Waals surface area contributed by atoms with Crippen LogP contribution in [0.25, 0.3) is 5.82 Å². The van der Waals surface area contributed by atoms with Crippen molar-refractivity contribution in [2.75, 3.05) is 18.4 Å². The summed E-state index contributed by atoms with van der Waals surface area (Å²) in [6, 6.07) is 9.05. The number of nitrogens with one attached hydrogen (secondary N) is 2. The summed E-state index contributed by atoms with van der Waals surface area (Å²) in [5.41, 5.74) is 0. The van der Waals surface area contributed by atoms with Crippen LogP contribution in [-0.2, 0) is 0 Å². The summed E-state index contributed by atoms with van der Waals surface area (Å²) in [5, 5.41) is 17.4. The van der Waals surface area contributed by atoms with Crippen molar-refractivity contribution in [1.82, 2.24) is 25.2 Å². The van der Waals surface area contributed by atoms with Gasteiger partial charge in [-0.3, -0.25) is 4.79 Å². The molecule has 112 valence electrons. The van der Waals surface area contributed by atoms with Crippen LogP contribution in [0.15, 0.2) is 53.4 Å². The molecule has 0 atom stereocenters. The van der Waals surface area contributed by atoms with Gasteiger partial charge in [0.15, 0.2) is 5.82 Å². The average Bonchev–Trinajstić information content (AvgIpc) is 3.25. The van der Waals surface area contributed by atoms with Crippen molar-refractivity contribution >= 4 is 11.7 Å². The molecule has 8 nitrogen and oxygen atoms in total. The number of nitrogens with zero attached hydrogens (tertiary/aromatic N) is 4. The Morgan fingerprint density at radius 1 is 1.14 bits per heavy atom. The predicted molar refractivity (Wildman–Crippen MR) is 78.7 cm³/mol. The van der Waals surface area contributed by atoms with Gasteiger partial charge in [-0.25, -0.2) is 0 Å². The second-order valence-electron chi connectivity index (χ2n) is 4.43. The van der Waals surface area contributed by atoms with Crippen molar-refractivity contribution in [2.45, 2.75) is 0 Å². The van der Waals surface area contributed by atoms with E-state index in [9.17, 15) is 4.79 Å². The van der Waals surface area contributed by atoms with Gasteiger partial charge in [-0.05, 0) is 24.3 Å². The van der Waals surface area contributed by atoms with Gasteiger partial charge in [-0.15, -0.1) is 10.2 Å². The summed E-state index contributed by atoms with van der Waals surface area (Å²) in [4.78, 5) is 11.6. The van der Waals surface area contributed by atoms with Gasteiger partial charge < -0.3 is 19.7 Å². The second-order valence-corrected chi connectivity index (χ2v) is 4.43. The molecular weight excluding hydrogens is 284 g/mol. The smallest absolute Gasteiger partial charge is 0.289 e. The number of rotatable bonds is 6. The van der Waals surface area contributed by atoms with Crippen LogP contribution in [0.3, 0.4) is 0 Å². The third-order valence-electron chi connectivity index (χ3n) is 2.90. The van der Waals surface area contributed by atoms with Crippen LogP contribution in [0.5, 0.6) is 0 Å². The molecular formula is C14H14N6O2. The van der Waals surface area contributed by atoms with E-state index in [0.717, 1.165) is 5.82 Å². The van der Waals surface area contributed by atoms with E-state index in [1.165, 1.54) is 12.3 Å². The van der Waals surface area contributed by atoms with Gasteiger partial charge >= 0.3 is 0 Å². The Hall–Kier alpha value is -3.16. The van der Waals surface area contributed by atoms with Gasteiger partial charge in [-0.2, -0.15) is 0 Å². The third kappa shape index (κ3) is 3.29. The minimum Gasteiger partial charge on any atom is -0.367 e. The highest BCUT2D eigenvalue weighted by atomic mass is 16.5. The van der Waals surface area contributed by atoms with E-state index in [4.69, 9.17) is 4.52 Å². The maximum atomic E-state index is 11.6. The molecule has 22 heavy (non-hydrogen) atoms. The monoisotopic (exact) mass is 298 g/mol. The molecule has 2 N–H and O–H groups in total. The lowest BCUT2D eigenvalue weighted by Gasteiger charge is -2.06. The van der Waals surface area contributed by atoms with Crippen molar-refractivity contribution in [3.05, 3.63) is 54.7 Å². The molecule has 0 fully saturated rings. The number of anilines is 1. The van der Waals surface area contributed by atoms with E-state index in [1.807, 2.05) is 41.2 Å². The number of hydrogen-bond donors (Lipinski definition) is 2. The predicted octanol–water partition coefficient (Wildman–Crippen LogP) is 1.10. The Morgan fingerprint density at radius 2 is 2.00 bits per heavy atom. The van der Waals surface area contributed by atoms with Gasteiger partial charge in [0.25, 0.3) is 5.91 Å². The van der Waals surface area contributed by atoms with E-state index in [0.29, 0.717) is 18.9 Å². The molecule has 0 saturated carbocycles. The Labute approximate surface area is 126 Å². The zero-order valence-electron chi connectivity index (χ0n) is 11.6. The van der Waals surface area contributed by atoms with E-state index >= 15 is 0 Å². The van der Waals surface area contributed by atoms with Gasteiger partial charge in [-0.1, -0.05) is 5.16 Å². The quantitative estimate of drug-likeness (QED) is 0.661. The Kier molecular flexibility index (Phi) is 4.10.